The minimum Gasteiger partial charge on any atom is -0.366 e. The molecule has 0 aromatic heterocycles. The van der Waals surface area contributed by atoms with Crippen LogP contribution in [-0.2, 0) is 0 Å². The molecule has 0 spiro atoms. The van der Waals surface area contributed by atoms with Crippen LogP contribution in [0.1, 0.15) is 0 Å². The van der Waals surface area contributed by atoms with E-state index in [2.05, 4.69) is 10.1 Å². The minimum atomic E-state index is -0.0313. The first-order valence-electron chi connectivity index (χ1n) is 3.09. The summed E-state index contributed by atoms with van der Waals surface area (Å²) in [7, 11) is 0. The molecule has 1 rings (SSSR count). The van der Waals surface area contributed by atoms with Crippen LogP contribution in [0.5, 0.6) is 0 Å². The number of para-hydroxylation sites is 1. The molecule has 0 fully saturated rings. The monoisotopic (exact) mass is 148 g/mol. The van der Waals surface area contributed by atoms with Crippen molar-refractivity contribution in [3.05, 3.63) is 30.3 Å². The van der Waals surface area contributed by atoms with Crippen LogP contribution in [0.3, 0.4) is 0 Å². The van der Waals surface area contributed by atoms with Crippen LogP contribution in [0, 0.1) is 5.53 Å². The zero-order chi connectivity index (χ0) is 8.10. The lowest BCUT2D eigenvalue weighted by atomic mass is 10.3. The predicted octanol–water partition coefficient (Wildman–Crippen LogP) is 1.66. The third kappa shape index (κ3) is 2.17. The first kappa shape index (κ1) is 7.40. The minimum absolute atomic E-state index is 0.0313. The van der Waals surface area contributed by atoms with Gasteiger partial charge in [-0.3, -0.25) is 0 Å². The van der Waals surface area contributed by atoms with Gasteiger partial charge in [-0.15, -0.1) is 5.11 Å². The third-order valence-electron chi connectivity index (χ3n) is 1.11. The highest BCUT2D eigenvalue weighted by molar-refractivity contribution is 5.80. The SMILES string of the molecule is N=NC(N)=Nc1ccccc1. The standard InChI is InChI=1S/C7H8N4/c8-7(11-9)10-6-4-2-1-3-5-6/h1-5,9H,(H2,8,10). The molecule has 11 heavy (non-hydrogen) atoms. The smallest absolute Gasteiger partial charge is 0.239 e. The zero-order valence-electron chi connectivity index (χ0n) is 5.86. The van der Waals surface area contributed by atoms with Crippen molar-refractivity contribution >= 4 is 11.6 Å². The fourth-order valence-corrected chi connectivity index (χ4v) is 0.660. The second-order valence-electron chi connectivity index (χ2n) is 1.92. The van der Waals surface area contributed by atoms with Gasteiger partial charge in [-0.2, -0.15) is 0 Å². The molecule has 56 valence electrons. The summed E-state index contributed by atoms with van der Waals surface area (Å²) >= 11 is 0. The van der Waals surface area contributed by atoms with Gasteiger partial charge in [0.2, 0.25) is 5.96 Å². The van der Waals surface area contributed by atoms with E-state index in [1.165, 1.54) is 0 Å². The van der Waals surface area contributed by atoms with Crippen molar-refractivity contribution in [1.29, 1.82) is 5.53 Å². The molecule has 0 atom stereocenters. The number of nitrogens with zero attached hydrogens (tertiary/aromatic N) is 2. The van der Waals surface area contributed by atoms with Gasteiger partial charge in [-0.1, -0.05) is 18.2 Å². The number of guanidine groups is 1. The van der Waals surface area contributed by atoms with Crippen molar-refractivity contribution in [2.45, 2.75) is 0 Å². The number of nitrogens with one attached hydrogen (secondary N) is 1. The Hall–Kier alpha value is -1.71. The van der Waals surface area contributed by atoms with E-state index in [4.69, 9.17) is 11.3 Å². The summed E-state index contributed by atoms with van der Waals surface area (Å²) in [5, 5.41) is 2.96. The maximum Gasteiger partial charge on any atom is 0.239 e. The topological polar surface area (TPSA) is 74.6 Å². The van der Waals surface area contributed by atoms with E-state index in [9.17, 15) is 0 Å². The summed E-state index contributed by atoms with van der Waals surface area (Å²) in [6, 6.07) is 9.15. The Morgan fingerprint density at radius 3 is 2.45 bits per heavy atom. The summed E-state index contributed by atoms with van der Waals surface area (Å²) in [6.07, 6.45) is 0. The molecule has 0 aliphatic heterocycles. The highest BCUT2D eigenvalue weighted by atomic mass is 15.1. The van der Waals surface area contributed by atoms with E-state index in [0.29, 0.717) is 5.69 Å². The lowest BCUT2D eigenvalue weighted by Crippen LogP contribution is -2.05. The van der Waals surface area contributed by atoms with Crippen LogP contribution >= 0.6 is 0 Å². The molecular formula is C7H8N4. The zero-order valence-corrected chi connectivity index (χ0v) is 5.86. The van der Waals surface area contributed by atoms with Crippen LogP contribution in [0.2, 0.25) is 0 Å². The first-order valence-corrected chi connectivity index (χ1v) is 3.09. The predicted molar refractivity (Wildman–Crippen MR) is 42.9 cm³/mol. The lowest BCUT2D eigenvalue weighted by Gasteiger charge is -1.90. The number of aliphatic imine (C=N–C) groups is 1. The second-order valence-corrected chi connectivity index (χ2v) is 1.92. The summed E-state index contributed by atoms with van der Waals surface area (Å²) in [5.74, 6) is -0.0313. The van der Waals surface area contributed by atoms with Crippen molar-refractivity contribution in [3.8, 4) is 0 Å². The molecule has 4 heteroatoms. The van der Waals surface area contributed by atoms with E-state index in [1.54, 1.807) is 12.1 Å². The van der Waals surface area contributed by atoms with Gasteiger partial charge < -0.3 is 5.73 Å². The van der Waals surface area contributed by atoms with Crippen molar-refractivity contribution in [2.24, 2.45) is 15.8 Å². The van der Waals surface area contributed by atoms with Gasteiger partial charge in [0.1, 0.15) is 0 Å². The molecule has 0 saturated heterocycles. The van der Waals surface area contributed by atoms with Gasteiger partial charge in [-0.05, 0) is 12.1 Å². The van der Waals surface area contributed by atoms with E-state index in [-0.39, 0.29) is 5.96 Å². The maximum atomic E-state index is 6.53. The summed E-state index contributed by atoms with van der Waals surface area (Å²) < 4.78 is 0. The Morgan fingerprint density at radius 2 is 1.91 bits per heavy atom. The molecule has 0 radical (unpaired) electrons. The van der Waals surface area contributed by atoms with Gasteiger partial charge in [0.15, 0.2) is 0 Å². The first-order chi connectivity index (χ1) is 5.33. The van der Waals surface area contributed by atoms with Crippen molar-refractivity contribution in [3.63, 3.8) is 0 Å². The summed E-state index contributed by atoms with van der Waals surface area (Å²) in [6.45, 7) is 0. The molecule has 0 bridgehead atoms. The molecule has 0 unspecified atom stereocenters. The highest BCUT2D eigenvalue weighted by Crippen LogP contribution is 2.08. The average molecular weight is 148 g/mol. The molecule has 0 heterocycles. The van der Waals surface area contributed by atoms with Crippen LogP contribution < -0.4 is 5.73 Å². The molecule has 3 N–H and O–H groups in total. The normalized spacial score (nSPS) is 11.1. The Morgan fingerprint density at radius 1 is 1.27 bits per heavy atom. The Labute approximate surface area is 64.3 Å². The van der Waals surface area contributed by atoms with Gasteiger partial charge in [0.25, 0.3) is 0 Å². The molecule has 1 aromatic rings. The molecular weight excluding hydrogens is 140 g/mol. The van der Waals surface area contributed by atoms with E-state index >= 15 is 0 Å². The van der Waals surface area contributed by atoms with Crippen LogP contribution in [0.4, 0.5) is 5.69 Å². The van der Waals surface area contributed by atoms with Crippen molar-refractivity contribution < 1.29 is 0 Å². The molecule has 4 nitrogen and oxygen atoms in total. The van der Waals surface area contributed by atoms with Crippen molar-refractivity contribution in [2.75, 3.05) is 0 Å². The summed E-state index contributed by atoms with van der Waals surface area (Å²) in [4.78, 5) is 3.82. The number of hydrogen-bond donors (Lipinski definition) is 2. The Balaban J connectivity index is 2.87. The van der Waals surface area contributed by atoms with Crippen molar-refractivity contribution in [1.82, 2.24) is 0 Å². The van der Waals surface area contributed by atoms with Gasteiger partial charge in [0.05, 0.1) is 5.69 Å². The Bertz CT molecular complexity index is 265. The van der Waals surface area contributed by atoms with Gasteiger partial charge in [-0.25, -0.2) is 10.5 Å². The fourth-order valence-electron chi connectivity index (χ4n) is 0.660. The number of benzene rings is 1. The highest BCUT2D eigenvalue weighted by Gasteiger charge is 1.87. The molecule has 0 aliphatic rings. The average Bonchev–Trinajstić information content (AvgIpc) is 2.06. The maximum absolute atomic E-state index is 6.53. The van der Waals surface area contributed by atoms with Crippen LogP contribution in [0.25, 0.3) is 0 Å². The second kappa shape index (κ2) is 3.46. The number of nitrogens with two attached hydrogens (primary N) is 1. The van der Waals surface area contributed by atoms with Gasteiger partial charge in [0, 0.05) is 0 Å². The van der Waals surface area contributed by atoms with E-state index in [1.807, 2.05) is 18.2 Å². The van der Waals surface area contributed by atoms with Crippen LogP contribution in [-0.4, -0.2) is 5.96 Å². The number of rotatable bonds is 1. The van der Waals surface area contributed by atoms with E-state index in [0.717, 1.165) is 0 Å². The van der Waals surface area contributed by atoms with E-state index < -0.39 is 0 Å². The van der Waals surface area contributed by atoms with Crippen LogP contribution in [0.15, 0.2) is 40.4 Å². The third-order valence-corrected chi connectivity index (χ3v) is 1.11. The quantitative estimate of drug-likeness (QED) is 0.354. The Kier molecular flexibility index (Phi) is 2.32. The largest absolute Gasteiger partial charge is 0.366 e. The lowest BCUT2D eigenvalue weighted by molar-refractivity contribution is 1.16. The fraction of sp³-hybridized carbons (Fsp3) is 0. The summed E-state index contributed by atoms with van der Waals surface area (Å²) in [5.41, 5.74) is 12.4. The molecule has 0 amide bonds. The molecule has 0 saturated carbocycles. The van der Waals surface area contributed by atoms with Gasteiger partial charge >= 0.3 is 0 Å². The molecule has 1 aromatic carbocycles. The molecule has 0 aliphatic carbocycles. The number of hydrogen-bond acceptors (Lipinski definition) is 2.